The van der Waals surface area contributed by atoms with Crippen LogP contribution >= 0.6 is 0 Å². The predicted octanol–water partition coefficient (Wildman–Crippen LogP) is 1.76. The van der Waals surface area contributed by atoms with Crippen LogP contribution in [-0.4, -0.2) is 39.4 Å². The van der Waals surface area contributed by atoms with Gasteiger partial charge in [0.2, 0.25) is 0 Å². The zero-order chi connectivity index (χ0) is 13.7. The van der Waals surface area contributed by atoms with E-state index in [2.05, 4.69) is 9.97 Å². The molecule has 1 aromatic heterocycles. The Morgan fingerprint density at radius 3 is 2.47 bits per heavy atom. The van der Waals surface area contributed by atoms with Crippen LogP contribution in [0.2, 0.25) is 0 Å². The highest BCUT2D eigenvalue weighted by molar-refractivity contribution is 5.84. The molecular formula is C13H19N3O3. The SMILES string of the molecule is O=C(O)N(CC1CCC(CO)CC1)c1cnccn1. The van der Waals surface area contributed by atoms with E-state index < -0.39 is 6.09 Å². The van der Waals surface area contributed by atoms with Crippen LogP contribution in [0.3, 0.4) is 0 Å². The van der Waals surface area contributed by atoms with Crippen LogP contribution in [0.1, 0.15) is 25.7 Å². The number of hydrogen-bond acceptors (Lipinski definition) is 4. The maximum atomic E-state index is 11.3. The molecular weight excluding hydrogens is 246 g/mol. The fraction of sp³-hybridized carbons (Fsp3) is 0.615. The van der Waals surface area contributed by atoms with Crippen molar-refractivity contribution in [3.05, 3.63) is 18.6 Å². The van der Waals surface area contributed by atoms with Crippen LogP contribution < -0.4 is 4.90 Å². The molecule has 0 spiro atoms. The van der Waals surface area contributed by atoms with Crippen LogP contribution in [0.5, 0.6) is 0 Å². The lowest BCUT2D eigenvalue weighted by Gasteiger charge is -2.30. The molecule has 0 atom stereocenters. The second-order valence-corrected chi connectivity index (χ2v) is 5.03. The summed E-state index contributed by atoms with van der Waals surface area (Å²) < 4.78 is 0. The molecule has 1 heterocycles. The van der Waals surface area contributed by atoms with E-state index in [4.69, 9.17) is 5.11 Å². The fourth-order valence-corrected chi connectivity index (χ4v) is 2.56. The first kappa shape index (κ1) is 13.7. The molecule has 2 rings (SSSR count). The molecule has 2 N–H and O–H groups in total. The van der Waals surface area contributed by atoms with Gasteiger partial charge in [-0.05, 0) is 37.5 Å². The number of aliphatic hydroxyl groups excluding tert-OH is 1. The minimum atomic E-state index is -0.996. The van der Waals surface area contributed by atoms with Crippen LogP contribution in [0.4, 0.5) is 10.6 Å². The number of carboxylic acid groups (broad SMARTS) is 1. The van der Waals surface area contributed by atoms with Crippen molar-refractivity contribution in [1.29, 1.82) is 0 Å². The Morgan fingerprint density at radius 2 is 1.95 bits per heavy atom. The molecule has 0 bridgehead atoms. The Balaban J connectivity index is 1.97. The predicted molar refractivity (Wildman–Crippen MR) is 69.9 cm³/mol. The number of aliphatic hydroxyl groups is 1. The van der Waals surface area contributed by atoms with Crippen molar-refractivity contribution in [1.82, 2.24) is 9.97 Å². The van der Waals surface area contributed by atoms with Gasteiger partial charge in [-0.15, -0.1) is 0 Å². The van der Waals surface area contributed by atoms with E-state index in [0.29, 0.717) is 24.2 Å². The first-order valence-corrected chi connectivity index (χ1v) is 6.58. The molecule has 1 fully saturated rings. The van der Waals surface area contributed by atoms with Crippen molar-refractivity contribution in [3.8, 4) is 0 Å². The highest BCUT2D eigenvalue weighted by atomic mass is 16.4. The molecule has 1 aliphatic rings. The number of nitrogens with zero attached hydrogens (tertiary/aromatic N) is 3. The molecule has 6 nitrogen and oxygen atoms in total. The van der Waals surface area contributed by atoms with Gasteiger partial charge in [-0.1, -0.05) is 0 Å². The molecule has 0 radical (unpaired) electrons. The molecule has 1 saturated carbocycles. The molecule has 104 valence electrons. The summed E-state index contributed by atoms with van der Waals surface area (Å²) in [5.41, 5.74) is 0. The molecule has 1 amide bonds. The minimum Gasteiger partial charge on any atom is -0.465 e. The van der Waals surface area contributed by atoms with E-state index in [1.54, 1.807) is 0 Å². The van der Waals surface area contributed by atoms with Gasteiger partial charge in [0.15, 0.2) is 5.82 Å². The molecule has 0 unspecified atom stereocenters. The highest BCUT2D eigenvalue weighted by Gasteiger charge is 2.25. The van der Waals surface area contributed by atoms with Gasteiger partial charge in [0, 0.05) is 25.5 Å². The largest absolute Gasteiger partial charge is 0.465 e. The lowest BCUT2D eigenvalue weighted by atomic mass is 9.82. The fourth-order valence-electron chi connectivity index (χ4n) is 2.56. The molecule has 1 aliphatic carbocycles. The number of amides is 1. The van der Waals surface area contributed by atoms with E-state index in [1.165, 1.54) is 23.5 Å². The average molecular weight is 265 g/mol. The monoisotopic (exact) mass is 265 g/mol. The second-order valence-electron chi connectivity index (χ2n) is 5.03. The maximum absolute atomic E-state index is 11.3. The summed E-state index contributed by atoms with van der Waals surface area (Å²) in [5.74, 6) is 1.09. The summed E-state index contributed by atoms with van der Waals surface area (Å²) in [6, 6.07) is 0. The van der Waals surface area contributed by atoms with Crippen molar-refractivity contribution in [2.24, 2.45) is 11.8 Å². The van der Waals surface area contributed by atoms with Crippen molar-refractivity contribution >= 4 is 11.9 Å². The van der Waals surface area contributed by atoms with Crippen LogP contribution in [0.25, 0.3) is 0 Å². The Kier molecular flexibility index (Phi) is 4.68. The summed E-state index contributed by atoms with van der Waals surface area (Å²) in [6.07, 6.45) is 7.33. The normalized spacial score (nSPS) is 23.0. The quantitative estimate of drug-likeness (QED) is 0.866. The smallest absolute Gasteiger partial charge is 0.413 e. The third kappa shape index (κ3) is 3.64. The van der Waals surface area contributed by atoms with Gasteiger partial charge < -0.3 is 10.2 Å². The number of aromatic nitrogens is 2. The molecule has 19 heavy (non-hydrogen) atoms. The first-order valence-electron chi connectivity index (χ1n) is 6.58. The van der Waals surface area contributed by atoms with E-state index in [1.807, 2.05) is 0 Å². The maximum Gasteiger partial charge on any atom is 0.413 e. The summed E-state index contributed by atoms with van der Waals surface area (Å²) in [7, 11) is 0. The Bertz CT molecular complexity index is 405. The molecule has 0 aromatic carbocycles. The van der Waals surface area contributed by atoms with Gasteiger partial charge in [-0.25, -0.2) is 9.78 Å². The van der Waals surface area contributed by atoms with E-state index in [0.717, 1.165) is 25.7 Å². The van der Waals surface area contributed by atoms with Gasteiger partial charge >= 0.3 is 6.09 Å². The van der Waals surface area contributed by atoms with Crippen LogP contribution in [0, 0.1) is 11.8 Å². The zero-order valence-corrected chi connectivity index (χ0v) is 10.8. The number of hydrogen-bond donors (Lipinski definition) is 2. The van der Waals surface area contributed by atoms with Crippen LogP contribution in [0.15, 0.2) is 18.6 Å². The molecule has 0 aliphatic heterocycles. The lowest BCUT2D eigenvalue weighted by Crippen LogP contribution is -2.36. The minimum absolute atomic E-state index is 0.236. The Labute approximate surface area is 112 Å². The second kappa shape index (κ2) is 6.47. The Morgan fingerprint density at radius 1 is 1.26 bits per heavy atom. The van der Waals surface area contributed by atoms with E-state index in [-0.39, 0.29) is 6.61 Å². The average Bonchev–Trinajstić information content (AvgIpc) is 2.46. The molecule has 0 saturated heterocycles. The number of carbonyl (C=O) groups is 1. The summed E-state index contributed by atoms with van der Waals surface area (Å²) in [4.78, 5) is 20.5. The van der Waals surface area contributed by atoms with Gasteiger partial charge in [-0.2, -0.15) is 0 Å². The van der Waals surface area contributed by atoms with Crippen LogP contribution in [-0.2, 0) is 0 Å². The number of anilines is 1. The summed E-state index contributed by atoms with van der Waals surface area (Å²) >= 11 is 0. The van der Waals surface area contributed by atoms with Gasteiger partial charge in [0.25, 0.3) is 0 Å². The third-order valence-electron chi connectivity index (χ3n) is 3.72. The van der Waals surface area contributed by atoms with Gasteiger partial charge in [0.05, 0.1) is 6.20 Å². The van der Waals surface area contributed by atoms with Crippen molar-refractivity contribution < 1.29 is 15.0 Å². The number of rotatable bonds is 4. The third-order valence-corrected chi connectivity index (χ3v) is 3.72. The van der Waals surface area contributed by atoms with E-state index in [9.17, 15) is 9.90 Å². The first-order chi connectivity index (χ1) is 9.20. The summed E-state index contributed by atoms with van der Waals surface area (Å²) in [5, 5.41) is 18.4. The lowest BCUT2D eigenvalue weighted by molar-refractivity contribution is 0.165. The van der Waals surface area contributed by atoms with Crippen molar-refractivity contribution in [3.63, 3.8) is 0 Å². The van der Waals surface area contributed by atoms with Crippen molar-refractivity contribution in [2.45, 2.75) is 25.7 Å². The summed E-state index contributed by atoms with van der Waals surface area (Å²) in [6.45, 7) is 0.686. The van der Waals surface area contributed by atoms with Gasteiger partial charge in [-0.3, -0.25) is 9.88 Å². The molecule has 1 aromatic rings. The standard InChI is InChI=1S/C13H19N3O3/c17-9-11-3-1-10(2-4-11)8-16(13(18)19)12-7-14-5-6-15-12/h5-7,10-11,17H,1-4,8-9H2,(H,18,19). The highest BCUT2D eigenvalue weighted by Crippen LogP contribution is 2.29. The Hall–Kier alpha value is -1.69. The topological polar surface area (TPSA) is 86.5 Å². The van der Waals surface area contributed by atoms with Crippen molar-refractivity contribution in [2.75, 3.05) is 18.1 Å². The zero-order valence-electron chi connectivity index (χ0n) is 10.8. The molecule has 6 heteroatoms. The van der Waals surface area contributed by atoms with Gasteiger partial charge in [0.1, 0.15) is 0 Å². The van der Waals surface area contributed by atoms with E-state index >= 15 is 0 Å².